The quantitative estimate of drug-likeness (QED) is 0.450. The Kier molecular flexibility index (Phi) is 6.03. The monoisotopic (exact) mass is 393 g/mol. The maximum absolute atomic E-state index is 12.1. The summed E-state index contributed by atoms with van der Waals surface area (Å²) in [5, 5.41) is 24.3. The molecule has 1 amide bonds. The second-order valence-corrected chi connectivity index (χ2v) is 5.69. The topological polar surface area (TPSA) is 142 Å². The van der Waals surface area contributed by atoms with Crippen LogP contribution in [0.15, 0.2) is 36.4 Å². The van der Waals surface area contributed by atoms with Gasteiger partial charge in [-0.2, -0.15) is 0 Å². The first-order valence-corrected chi connectivity index (χ1v) is 7.73. The van der Waals surface area contributed by atoms with E-state index in [2.05, 4.69) is 5.32 Å². The van der Waals surface area contributed by atoms with Gasteiger partial charge < -0.3 is 10.1 Å². The molecule has 10 nitrogen and oxygen atoms in total. The van der Waals surface area contributed by atoms with Crippen molar-refractivity contribution in [2.45, 2.75) is 6.92 Å². The molecule has 0 radical (unpaired) electrons. The second kappa shape index (κ2) is 8.23. The molecule has 0 atom stereocenters. The molecule has 0 aliphatic rings. The molecule has 0 spiro atoms. The Hall–Kier alpha value is -3.53. The summed E-state index contributed by atoms with van der Waals surface area (Å²) in [5.74, 6) is -1.76. The summed E-state index contributed by atoms with van der Waals surface area (Å²) in [6.45, 7) is 0.645. The number of nitrogens with zero attached hydrogens (tertiary/aromatic N) is 2. The third kappa shape index (κ3) is 4.76. The van der Waals surface area contributed by atoms with E-state index in [0.29, 0.717) is 0 Å². The third-order valence-corrected chi connectivity index (χ3v) is 3.72. The van der Waals surface area contributed by atoms with E-state index in [4.69, 9.17) is 16.3 Å². The van der Waals surface area contributed by atoms with Crippen molar-refractivity contribution in [3.05, 3.63) is 72.8 Å². The average Bonchev–Trinajstić information content (AvgIpc) is 2.61. The van der Waals surface area contributed by atoms with Gasteiger partial charge in [0.15, 0.2) is 6.61 Å². The maximum atomic E-state index is 12.1. The van der Waals surface area contributed by atoms with Gasteiger partial charge in [0, 0.05) is 22.7 Å². The van der Waals surface area contributed by atoms with Gasteiger partial charge in [0.25, 0.3) is 17.3 Å². The minimum atomic E-state index is -0.933. The van der Waals surface area contributed by atoms with E-state index in [1.54, 1.807) is 0 Å². The Morgan fingerprint density at radius 3 is 2.41 bits per heavy atom. The normalized spacial score (nSPS) is 10.1. The number of nitrogens with one attached hydrogen (secondary N) is 1. The van der Waals surface area contributed by atoms with Gasteiger partial charge in [0.05, 0.1) is 15.4 Å². The van der Waals surface area contributed by atoms with Crippen molar-refractivity contribution < 1.29 is 24.2 Å². The van der Waals surface area contributed by atoms with E-state index in [0.717, 1.165) is 6.07 Å². The van der Waals surface area contributed by atoms with E-state index in [1.165, 1.54) is 37.3 Å². The van der Waals surface area contributed by atoms with Crippen LogP contribution in [0.3, 0.4) is 0 Å². The van der Waals surface area contributed by atoms with Crippen LogP contribution in [0.2, 0.25) is 5.02 Å². The number of carbonyl (C=O) groups excluding carboxylic acids is 2. The van der Waals surface area contributed by atoms with Gasteiger partial charge in [-0.25, -0.2) is 4.79 Å². The van der Waals surface area contributed by atoms with Crippen molar-refractivity contribution in [3.63, 3.8) is 0 Å². The Labute approximate surface area is 157 Å². The first kappa shape index (κ1) is 19.8. The molecule has 0 saturated carbocycles. The number of amides is 1. The Bertz CT molecular complexity index is 946. The number of hydrogen-bond acceptors (Lipinski definition) is 7. The van der Waals surface area contributed by atoms with E-state index in [1.807, 2.05) is 0 Å². The summed E-state index contributed by atoms with van der Waals surface area (Å²) in [6, 6.07) is 7.53. The van der Waals surface area contributed by atoms with Gasteiger partial charge >= 0.3 is 5.97 Å². The number of rotatable bonds is 6. The summed E-state index contributed by atoms with van der Waals surface area (Å²) in [4.78, 5) is 44.5. The smallest absolute Gasteiger partial charge is 0.339 e. The summed E-state index contributed by atoms with van der Waals surface area (Å²) < 4.78 is 4.83. The highest BCUT2D eigenvalue weighted by Crippen LogP contribution is 2.27. The molecule has 27 heavy (non-hydrogen) atoms. The van der Waals surface area contributed by atoms with Gasteiger partial charge in [0.1, 0.15) is 5.69 Å². The molecular weight excluding hydrogens is 382 g/mol. The molecule has 0 fully saturated rings. The van der Waals surface area contributed by atoms with Crippen molar-refractivity contribution in [2.75, 3.05) is 11.9 Å². The van der Waals surface area contributed by atoms with Crippen LogP contribution in [-0.2, 0) is 9.53 Å². The van der Waals surface area contributed by atoms with Crippen molar-refractivity contribution in [3.8, 4) is 0 Å². The molecule has 0 aliphatic heterocycles. The zero-order valence-electron chi connectivity index (χ0n) is 13.8. The fraction of sp³-hybridized carbons (Fsp3) is 0.125. The number of halogens is 1. The summed E-state index contributed by atoms with van der Waals surface area (Å²) >= 11 is 5.68. The highest BCUT2D eigenvalue weighted by Gasteiger charge is 2.21. The highest BCUT2D eigenvalue weighted by molar-refractivity contribution is 6.31. The number of benzene rings is 2. The standard InChI is InChI=1S/C16H12ClN3O7/c1-9-11(3-2-4-13(9)19(23)24)16(22)27-8-15(21)18-12-6-5-10(17)7-14(12)20(25)26/h2-7H,8H2,1H3,(H,18,21). The summed E-state index contributed by atoms with van der Waals surface area (Å²) in [7, 11) is 0. The van der Waals surface area contributed by atoms with Gasteiger partial charge in [-0.05, 0) is 25.1 Å². The van der Waals surface area contributed by atoms with Crippen LogP contribution < -0.4 is 5.32 Å². The van der Waals surface area contributed by atoms with Crippen molar-refractivity contribution >= 4 is 40.5 Å². The molecule has 2 rings (SSSR count). The molecule has 0 aliphatic carbocycles. The fourth-order valence-electron chi connectivity index (χ4n) is 2.20. The average molecular weight is 394 g/mol. The van der Waals surface area contributed by atoms with Crippen molar-refractivity contribution in [2.24, 2.45) is 0 Å². The summed E-state index contributed by atoms with van der Waals surface area (Å²) in [5.41, 5.74) is -0.755. The van der Waals surface area contributed by atoms with Crippen LogP contribution in [0.4, 0.5) is 17.1 Å². The second-order valence-electron chi connectivity index (χ2n) is 5.25. The minimum Gasteiger partial charge on any atom is -0.452 e. The zero-order valence-corrected chi connectivity index (χ0v) is 14.6. The number of ether oxygens (including phenoxy) is 1. The number of anilines is 1. The van der Waals surface area contributed by atoms with Crippen molar-refractivity contribution in [1.82, 2.24) is 0 Å². The van der Waals surface area contributed by atoms with Gasteiger partial charge in [0.2, 0.25) is 0 Å². The molecule has 0 bridgehead atoms. The minimum absolute atomic E-state index is 0.0607. The van der Waals surface area contributed by atoms with Gasteiger partial charge in [-0.15, -0.1) is 0 Å². The number of carbonyl (C=O) groups is 2. The lowest BCUT2D eigenvalue weighted by Crippen LogP contribution is -2.21. The van der Waals surface area contributed by atoms with Crippen LogP contribution in [0, 0.1) is 27.2 Å². The van der Waals surface area contributed by atoms with E-state index >= 15 is 0 Å². The molecule has 140 valence electrons. The molecule has 0 saturated heterocycles. The lowest BCUT2D eigenvalue weighted by Gasteiger charge is -2.09. The van der Waals surface area contributed by atoms with E-state index in [9.17, 15) is 29.8 Å². The van der Waals surface area contributed by atoms with Gasteiger partial charge in [-0.1, -0.05) is 17.7 Å². The Morgan fingerprint density at radius 2 is 1.78 bits per heavy atom. The number of nitro groups is 2. The van der Waals surface area contributed by atoms with Crippen LogP contribution in [0.25, 0.3) is 0 Å². The number of esters is 1. The first-order valence-electron chi connectivity index (χ1n) is 7.35. The zero-order chi connectivity index (χ0) is 20.1. The summed E-state index contributed by atoms with van der Waals surface area (Å²) in [6.07, 6.45) is 0. The lowest BCUT2D eigenvalue weighted by molar-refractivity contribution is -0.385. The highest BCUT2D eigenvalue weighted by atomic mass is 35.5. The molecule has 1 N–H and O–H groups in total. The molecule has 2 aromatic carbocycles. The molecule has 11 heteroatoms. The third-order valence-electron chi connectivity index (χ3n) is 3.49. The predicted octanol–water partition coefficient (Wildman–Crippen LogP) is 3.26. The Balaban J connectivity index is 2.07. The largest absolute Gasteiger partial charge is 0.452 e. The number of nitro benzene ring substituents is 2. The van der Waals surface area contributed by atoms with Crippen LogP contribution in [0.1, 0.15) is 15.9 Å². The molecule has 0 aromatic heterocycles. The molecule has 2 aromatic rings. The predicted molar refractivity (Wildman–Crippen MR) is 94.9 cm³/mol. The molecule has 0 heterocycles. The fourth-order valence-corrected chi connectivity index (χ4v) is 2.37. The lowest BCUT2D eigenvalue weighted by atomic mass is 10.1. The maximum Gasteiger partial charge on any atom is 0.339 e. The van der Waals surface area contributed by atoms with E-state index in [-0.39, 0.29) is 27.5 Å². The van der Waals surface area contributed by atoms with Gasteiger partial charge in [-0.3, -0.25) is 25.0 Å². The van der Waals surface area contributed by atoms with E-state index < -0.39 is 34.0 Å². The molecular formula is C16H12ClN3O7. The van der Waals surface area contributed by atoms with Crippen LogP contribution in [-0.4, -0.2) is 28.3 Å². The Morgan fingerprint density at radius 1 is 1.11 bits per heavy atom. The first-order chi connectivity index (χ1) is 12.7. The SMILES string of the molecule is Cc1c(C(=O)OCC(=O)Nc2ccc(Cl)cc2[N+](=O)[O-])cccc1[N+](=O)[O-]. The van der Waals surface area contributed by atoms with Crippen molar-refractivity contribution in [1.29, 1.82) is 0 Å². The van der Waals surface area contributed by atoms with Crippen LogP contribution in [0.5, 0.6) is 0 Å². The number of hydrogen-bond donors (Lipinski definition) is 1. The van der Waals surface area contributed by atoms with Crippen LogP contribution >= 0.6 is 11.6 Å². The molecule has 0 unspecified atom stereocenters.